The Hall–Kier alpha value is -3.86. The maximum atomic E-state index is 14.9. The van der Waals surface area contributed by atoms with Crippen molar-refractivity contribution in [1.29, 1.82) is 0 Å². The van der Waals surface area contributed by atoms with Crippen LogP contribution in [0.5, 0.6) is 5.88 Å². The van der Waals surface area contributed by atoms with Crippen molar-refractivity contribution < 1.29 is 23.0 Å². The Morgan fingerprint density at radius 1 is 1.20 bits per heavy atom. The lowest BCUT2D eigenvalue weighted by Gasteiger charge is -2.15. The lowest BCUT2D eigenvalue weighted by atomic mass is 10.1. The van der Waals surface area contributed by atoms with Crippen molar-refractivity contribution in [3.05, 3.63) is 53.5 Å². The highest BCUT2D eigenvalue weighted by molar-refractivity contribution is 5.95. The summed E-state index contributed by atoms with van der Waals surface area (Å²) in [5, 5.41) is 11.6. The Bertz CT molecular complexity index is 1460. The summed E-state index contributed by atoms with van der Waals surface area (Å²) in [6, 6.07) is 3.96. The zero-order valence-electron chi connectivity index (χ0n) is 18.9. The first-order chi connectivity index (χ1) is 17.0. The Kier molecular flexibility index (Phi) is 5.21. The second-order valence-corrected chi connectivity index (χ2v) is 8.61. The number of benzene rings is 1. The highest BCUT2D eigenvalue weighted by atomic mass is 19.2. The van der Waals surface area contributed by atoms with E-state index in [0.717, 1.165) is 48.7 Å². The number of hydrogen-bond acceptors (Lipinski definition) is 6. The maximum absolute atomic E-state index is 14.9. The van der Waals surface area contributed by atoms with Gasteiger partial charge in [0, 0.05) is 42.4 Å². The number of aromatic nitrogens is 5. The molecule has 1 atom stereocenters. The van der Waals surface area contributed by atoms with Gasteiger partial charge in [0.15, 0.2) is 17.3 Å². The van der Waals surface area contributed by atoms with Crippen LogP contribution in [0, 0.1) is 11.6 Å². The molecule has 1 saturated heterocycles. The van der Waals surface area contributed by atoms with Crippen LogP contribution in [-0.2, 0) is 17.7 Å². The fraction of sp³-hybridized carbons (Fsp3) is 0.333. The highest BCUT2D eigenvalue weighted by Gasteiger charge is 2.26. The number of ether oxygens (including phenoxy) is 2. The van der Waals surface area contributed by atoms with Crippen molar-refractivity contribution in [1.82, 2.24) is 29.7 Å². The van der Waals surface area contributed by atoms with Crippen LogP contribution < -0.4 is 10.1 Å². The van der Waals surface area contributed by atoms with E-state index in [1.807, 2.05) is 10.7 Å². The van der Waals surface area contributed by atoms with Gasteiger partial charge in [0.1, 0.15) is 6.10 Å². The lowest BCUT2D eigenvalue weighted by molar-refractivity contribution is 0.0962. The van der Waals surface area contributed by atoms with E-state index >= 15 is 0 Å². The summed E-state index contributed by atoms with van der Waals surface area (Å²) >= 11 is 0. The molecule has 2 aliphatic rings. The van der Waals surface area contributed by atoms with E-state index in [0.29, 0.717) is 24.7 Å². The number of nitrogens with one attached hydrogen (secondary N) is 1. The van der Waals surface area contributed by atoms with Gasteiger partial charge in [0.05, 0.1) is 36.9 Å². The molecule has 5 heterocycles. The zero-order chi connectivity index (χ0) is 24.1. The van der Waals surface area contributed by atoms with Crippen LogP contribution in [0.4, 0.5) is 8.78 Å². The summed E-state index contributed by atoms with van der Waals surface area (Å²) < 4.78 is 44.4. The minimum Gasteiger partial charge on any atom is -0.470 e. The minimum absolute atomic E-state index is 0.0111. The van der Waals surface area contributed by atoms with Crippen molar-refractivity contribution in [3.63, 3.8) is 0 Å². The van der Waals surface area contributed by atoms with Crippen LogP contribution >= 0.6 is 0 Å². The van der Waals surface area contributed by atoms with Gasteiger partial charge >= 0.3 is 0 Å². The smallest absolute Gasteiger partial charge is 0.251 e. The Morgan fingerprint density at radius 2 is 2.09 bits per heavy atom. The van der Waals surface area contributed by atoms with Gasteiger partial charge in [0.25, 0.3) is 5.91 Å². The fourth-order valence-electron chi connectivity index (χ4n) is 4.67. The normalized spacial score (nSPS) is 17.2. The molecule has 1 aromatic carbocycles. The molecule has 11 heteroatoms. The Labute approximate surface area is 198 Å². The van der Waals surface area contributed by atoms with Crippen molar-refractivity contribution in [2.75, 3.05) is 20.3 Å². The number of amides is 1. The predicted molar refractivity (Wildman–Crippen MR) is 121 cm³/mol. The van der Waals surface area contributed by atoms with Crippen molar-refractivity contribution in [2.24, 2.45) is 0 Å². The fourth-order valence-corrected chi connectivity index (χ4v) is 4.67. The summed E-state index contributed by atoms with van der Waals surface area (Å²) in [4.78, 5) is 16.5. The summed E-state index contributed by atoms with van der Waals surface area (Å²) in [5.74, 6) is -2.43. The van der Waals surface area contributed by atoms with Gasteiger partial charge in [-0.1, -0.05) is 0 Å². The van der Waals surface area contributed by atoms with Gasteiger partial charge in [-0.3, -0.25) is 9.48 Å². The molecule has 180 valence electrons. The average molecular weight is 480 g/mol. The van der Waals surface area contributed by atoms with Crippen LogP contribution in [0.25, 0.3) is 28.0 Å². The Balaban J connectivity index is 1.53. The van der Waals surface area contributed by atoms with Crippen molar-refractivity contribution in [3.8, 4) is 28.3 Å². The maximum Gasteiger partial charge on any atom is 0.251 e. The second kappa shape index (κ2) is 8.42. The molecule has 9 nitrogen and oxygen atoms in total. The number of halogens is 2. The molecule has 1 fully saturated rings. The molecule has 0 saturated carbocycles. The molecule has 2 aliphatic heterocycles. The van der Waals surface area contributed by atoms with E-state index in [1.165, 1.54) is 23.8 Å². The molecular weight excluding hydrogens is 458 g/mol. The Morgan fingerprint density at radius 3 is 2.89 bits per heavy atom. The van der Waals surface area contributed by atoms with Crippen LogP contribution in [-0.4, -0.2) is 56.7 Å². The molecular formula is C24H22F2N6O3. The molecule has 0 radical (unpaired) electrons. The SMILES string of the molecule is CNC(=O)c1cc(F)c(F)c(-c2cnc3cc(-c4cnn5c4CCC5)c(O[C@H]4CCOC4)nn23)c1. The third-order valence-corrected chi connectivity index (χ3v) is 6.44. The molecule has 0 aliphatic carbocycles. The molecule has 0 bridgehead atoms. The molecule has 6 rings (SSSR count). The first kappa shape index (κ1) is 21.7. The quantitative estimate of drug-likeness (QED) is 0.472. The van der Waals surface area contributed by atoms with Gasteiger partial charge in [0.2, 0.25) is 5.88 Å². The molecule has 1 amide bonds. The van der Waals surface area contributed by atoms with Crippen molar-refractivity contribution in [2.45, 2.75) is 31.9 Å². The van der Waals surface area contributed by atoms with E-state index in [1.54, 1.807) is 6.20 Å². The number of carbonyl (C=O) groups excluding carboxylic acids is 1. The molecule has 4 aromatic rings. The first-order valence-electron chi connectivity index (χ1n) is 11.4. The molecule has 0 unspecified atom stereocenters. The van der Waals surface area contributed by atoms with Crippen LogP contribution in [0.2, 0.25) is 0 Å². The topological polar surface area (TPSA) is 95.6 Å². The van der Waals surface area contributed by atoms with Crippen LogP contribution in [0.15, 0.2) is 30.6 Å². The van der Waals surface area contributed by atoms with E-state index in [9.17, 15) is 13.6 Å². The zero-order valence-corrected chi connectivity index (χ0v) is 18.9. The first-order valence-corrected chi connectivity index (χ1v) is 11.4. The molecule has 1 N–H and O–H groups in total. The standard InChI is InChI=1S/C24H22F2N6O3/c1-27-23(33)13-7-16(22(26)18(25)8-13)20-11-28-21-9-15(17-10-29-31-5-2-3-19(17)31)24(30-32(20)21)35-14-4-6-34-12-14/h7-11,14H,2-6,12H2,1H3,(H,27,33)/t14-/m0/s1. The van der Waals surface area contributed by atoms with Gasteiger partial charge < -0.3 is 14.8 Å². The van der Waals surface area contributed by atoms with Gasteiger partial charge in [-0.2, -0.15) is 5.10 Å². The second-order valence-electron chi connectivity index (χ2n) is 8.61. The number of imidazole rings is 1. The number of rotatable bonds is 5. The highest BCUT2D eigenvalue weighted by Crippen LogP contribution is 2.36. The minimum atomic E-state index is -1.14. The van der Waals surface area contributed by atoms with E-state index in [-0.39, 0.29) is 22.9 Å². The summed E-state index contributed by atoms with van der Waals surface area (Å²) in [6.07, 6.45) is 5.64. The van der Waals surface area contributed by atoms with Gasteiger partial charge in [-0.05, 0) is 31.0 Å². The van der Waals surface area contributed by atoms with Gasteiger partial charge in [-0.25, -0.2) is 18.3 Å². The monoisotopic (exact) mass is 480 g/mol. The summed E-state index contributed by atoms with van der Waals surface area (Å²) in [5.41, 5.74) is 3.22. The number of carbonyl (C=O) groups is 1. The molecule has 35 heavy (non-hydrogen) atoms. The number of nitrogens with zero attached hydrogens (tertiary/aromatic N) is 5. The predicted octanol–water partition coefficient (Wildman–Crippen LogP) is 3.01. The van der Waals surface area contributed by atoms with E-state index < -0.39 is 17.5 Å². The molecule has 0 spiro atoms. The summed E-state index contributed by atoms with van der Waals surface area (Å²) in [7, 11) is 1.42. The number of hydrogen-bond donors (Lipinski definition) is 1. The van der Waals surface area contributed by atoms with Gasteiger partial charge in [-0.15, -0.1) is 5.10 Å². The van der Waals surface area contributed by atoms with Crippen molar-refractivity contribution >= 4 is 11.6 Å². The number of fused-ring (bicyclic) bond motifs is 2. The van der Waals surface area contributed by atoms with E-state index in [4.69, 9.17) is 9.47 Å². The average Bonchev–Trinajstić information content (AvgIpc) is 3.65. The summed E-state index contributed by atoms with van der Waals surface area (Å²) in [6.45, 7) is 1.90. The number of aryl methyl sites for hydroxylation is 1. The van der Waals surface area contributed by atoms with Crippen LogP contribution in [0.3, 0.4) is 0 Å². The third-order valence-electron chi connectivity index (χ3n) is 6.44. The van der Waals surface area contributed by atoms with E-state index in [2.05, 4.69) is 20.5 Å². The third kappa shape index (κ3) is 3.63. The van der Waals surface area contributed by atoms with Crippen LogP contribution in [0.1, 0.15) is 28.9 Å². The lowest BCUT2D eigenvalue weighted by Crippen LogP contribution is -2.18. The largest absolute Gasteiger partial charge is 0.470 e. The molecule has 3 aromatic heterocycles.